The summed E-state index contributed by atoms with van der Waals surface area (Å²) in [6.07, 6.45) is 5.20. The molecule has 3 aromatic rings. The van der Waals surface area contributed by atoms with E-state index in [4.69, 9.17) is 9.97 Å². The molecule has 1 amide bonds. The monoisotopic (exact) mass is 418 g/mol. The van der Waals surface area contributed by atoms with Crippen LogP contribution in [0.4, 0.5) is 4.79 Å². The molecule has 1 aliphatic heterocycles. The van der Waals surface area contributed by atoms with Crippen LogP contribution in [0.3, 0.4) is 0 Å². The fourth-order valence-corrected chi connectivity index (χ4v) is 5.00. The molecule has 2 aliphatic rings. The molecule has 1 aliphatic carbocycles. The lowest BCUT2D eigenvalue weighted by Gasteiger charge is -2.35. The van der Waals surface area contributed by atoms with Gasteiger partial charge < -0.3 is 10.2 Å². The Labute approximate surface area is 183 Å². The summed E-state index contributed by atoms with van der Waals surface area (Å²) in [5.41, 5.74) is 4.25. The van der Waals surface area contributed by atoms with Gasteiger partial charge in [-0.1, -0.05) is 18.2 Å². The molecule has 7 heteroatoms. The van der Waals surface area contributed by atoms with Crippen LogP contribution in [0.2, 0.25) is 0 Å². The third-order valence-corrected chi connectivity index (χ3v) is 6.66. The number of pyridine rings is 1. The van der Waals surface area contributed by atoms with Gasteiger partial charge in [-0.2, -0.15) is 0 Å². The highest BCUT2D eigenvalue weighted by Gasteiger charge is 2.30. The molecule has 1 saturated heterocycles. The lowest BCUT2D eigenvalue weighted by molar-refractivity contribution is 0.163. The van der Waals surface area contributed by atoms with Crippen molar-refractivity contribution < 1.29 is 4.79 Å². The molecule has 0 radical (unpaired) electrons. The summed E-state index contributed by atoms with van der Waals surface area (Å²) < 4.78 is 1.83. The largest absolute Gasteiger partial charge is 0.330 e. The van der Waals surface area contributed by atoms with Crippen LogP contribution in [-0.2, 0) is 13.0 Å². The fraction of sp³-hybridized carbons (Fsp3) is 0.458. The van der Waals surface area contributed by atoms with Crippen molar-refractivity contribution in [2.24, 2.45) is 0 Å². The van der Waals surface area contributed by atoms with Gasteiger partial charge in [0.1, 0.15) is 5.82 Å². The highest BCUT2D eigenvalue weighted by atomic mass is 16.2. The van der Waals surface area contributed by atoms with Crippen molar-refractivity contribution >= 4 is 17.1 Å². The Morgan fingerprint density at radius 2 is 2.13 bits per heavy atom. The predicted octanol–water partition coefficient (Wildman–Crippen LogP) is 3.20. The molecule has 1 fully saturated rings. The number of nitrogens with zero attached hydrogens (tertiary/aromatic N) is 5. The molecule has 31 heavy (non-hydrogen) atoms. The smallest absolute Gasteiger partial charge is 0.319 e. The Balaban J connectivity index is 1.49. The standard InChI is InChI=1S/C24H30N6O/c1-17-15-25-13-14-29(17)24(31)30-20-10-4-3-9-19(20)27-22(30)16-28(2)21-11-5-7-18-8-6-12-26-23(18)21/h3-4,6,8-10,12,17,21,25H,5,7,11,13-16H2,1-2H3. The van der Waals surface area contributed by atoms with Gasteiger partial charge in [-0.15, -0.1) is 0 Å². The molecule has 1 aromatic carbocycles. The average Bonchev–Trinajstić information content (AvgIpc) is 3.16. The number of imidazole rings is 1. The number of carbonyl (C=O) groups excluding carboxylic acids is 1. The number of hydrogen-bond acceptors (Lipinski definition) is 5. The minimum absolute atomic E-state index is 0.0215. The highest BCUT2D eigenvalue weighted by molar-refractivity contribution is 5.90. The first-order valence-electron chi connectivity index (χ1n) is 11.3. The zero-order valence-electron chi connectivity index (χ0n) is 18.3. The molecule has 0 saturated carbocycles. The summed E-state index contributed by atoms with van der Waals surface area (Å²) in [7, 11) is 2.12. The van der Waals surface area contributed by atoms with Crippen LogP contribution in [0.1, 0.15) is 42.9 Å². The summed E-state index contributed by atoms with van der Waals surface area (Å²) in [4.78, 5) is 27.5. The maximum Gasteiger partial charge on any atom is 0.330 e. The van der Waals surface area contributed by atoms with Crippen molar-refractivity contribution in [3.05, 3.63) is 59.7 Å². The number of fused-ring (bicyclic) bond motifs is 2. The van der Waals surface area contributed by atoms with Gasteiger partial charge in [0.15, 0.2) is 0 Å². The van der Waals surface area contributed by atoms with Crippen LogP contribution < -0.4 is 5.32 Å². The number of hydrogen-bond donors (Lipinski definition) is 1. The first-order chi connectivity index (χ1) is 15.1. The lowest BCUT2D eigenvalue weighted by atomic mass is 9.91. The van der Waals surface area contributed by atoms with Gasteiger partial charge in [0.2, 0.25) is 0 Å². The lowest BCUT2D eigenvalue weighted by Crippen LogP contribution is -2.53. The van der Waals surface area contributed by atoms with E-state index in [0.717, 1.165) is 49.2 Å². The molecule has 162 valence electrons. The van der Waals surface area contributed by atoms with E-state index in [9.17, 15) is 4.79 Å². The maximum absolute atomic E-state index is 13.7. The van der Waals surface area contributed by atoms with E-state index in [1.54, 1.807) is 0 Å². The molecular formula is C24H30N6O. The van der Waals surface area contributed by atoms with Gasteiger partial charge in [0, 0.05) is 31.9 Å². The van der Waals surface area contributed by atoms with E-state index in [2.05, 4.69) is 30.3 Å². The number of nitrogens with one attached hydrogen (secondary N) is 1. The molecule has 3 heterocycles. The molecule has 1 N–H and O–H groups in total. The summed E-state index contributed by atoms with van der Waals surface area (Å²) in [5, 5.41) is 3.37. The second-order valence-corrected chi connectivity index (χ2v) is 8.75. The Bertz CT molecular complexity index is 1090. The third-order valence-electron chi connectivity index (χ3n) is 6.66. The number of rotatable bonds is 3. The van der Waals surface area contributed by atoms with E-state index < -0.39 is 0 Å². The number of benzene rings is 1. The fourth-order valence-electron chi connectivity index (χ4n) is 5.00. The zero-order valence-corrected chi connectivity index (χ0v) is 18.3. The van der Waals surface area contributed by atoms with Crippen LogP contribution in [0.15, 0.2) is 42.6 Å². The van der Waals surface area contributed by atoms with Crippen LogP contribution in [0, 0.1) is 0 Å². The normalized spacial score (nSPS) is 21.5. The second kappa shape index (κ2) is 8.40. The van der Waals surface area contributed by atoms with Gasteiger partial charge >= 0.3 is 6.03 Å². The van der Waals surface area contributed by atoms with Gasteiger partial charge in [-0.05, 0) is 57.0 Å². The second-order valence-electron chi connectivity index (χ2n) is 8.75. The van der Waals surface area contributed by atoms with Crippen molar-refractivity contribution in [2.75, 3.05) is 26.7 Å². The molecular weight excluding hydrogens is 388 g/mol. The molecule has 2 aromatic heterocycles. The maximum atomic E-state index is 13.7. The molecule has 0 bridgehead atoms. The number of carbonyl (C=O) groups is 1. The highest BCUT2D eigenvalue weighted by Crippen LogP contribution is 2.33. The van der Waals surface area contributed by atoms with Crippen LogP contribution in [-0.4, -0.2) is 63.1 Å². The van der Waals surface area contributed by atoms with Crippen LogP contribution in [0.25, 0.3) is 11.0 Å². The van der Waals surface area contributed by atoms with Crippen molar-refractivity contribution in [3.63, 3.8) is 0 Å². The summed E-state index contributed by atoms with van der Waals surface area (Å²) in [5.74, 6) is 0.794. The van der Waals surface area contributed by atoms with E-state index in [1.807, 2.05) is 46.0 Å². The van der Waals surface area contributed by atoms with E-state index in [-0.39, 0.29) is 18.1 Å². The Morgan fingerprint density at radius 1 is 1.26 bits per heavy atom. The molecule has 7 nitrogen and oxygen atoms in total. The Kier molecular flexibility index (Phi) is 5.46. The van der Waals surface area contributed by atoms with Gasteiger partial charge in [0.05, 0.1) is 29.3 Å². The molecule has 0 spiro atoms. The third kappa shape index (κ3) is 3.72. The van der Waals surface area contributed by atoms with Crippen LogP contribution in [0.5, 0.6) is 0 Å². The predicted molar refractivity (Wildman–Crippen MR) is 121 cm³/mol. The first-order valence-corrected chi connectivity index (χ1v) is 11.3. The zero-order chi connectivity index (χ0) is 21.4. The summed E-state index contributed by atoms with van der Waals surface area (Å²) >= 11 is 0. The van der Waals surface area contributed by atoms with Gasteiger partial charge in [-0.3, -0.25) is 9.88 Å². The van der Waals surface area contributed by atoms with Crippen molar-refractivity contribution in [1.82, 2.24) is 29.7 Å². The SMILES string of the molecule is CC1CNCCN1C(=O)n1c(CN(C)C2CCCc3cccnc32)nc2ccccc21. The van der Waals surface area contributed by atoms with Crippen molar-refractivity contribution in [3.8, 4) is 0 Å². The first kappa shape index (κ1) is 20.2. The minimum Gasteiger partial charge on any atom is -0.319 e. The van der Waals surface area contributed by atoms with E-state index in [1.165, 1.54) is 11.3 Å². The topological polar surface area (TPSA) is 66.3 Å². The van der Waals surface area contributed by atoms with E-state index >= 15 is 0 Å². The molecule has 5 rings (SSSR count). The quantitative estimate of drug-likeness (QED) is 0.708. The summed E-state index contributed by atoms with van der Waals surface area (Å²) in [6.45, 7) is 5.05. The van der Waals surface area contributed by atoms with E-state index in [0.29, 0.717) is 13.1 Å². The number of aromatic nitrogens is 3. The van der Waals surface area contributed by atoms with Crippen LogP contribution >= 0.6 is 0 Å². The summed E-state index contributed by atoms with van der Waals surface area (Å²) in [6, 6.07) is 12.6. The number of aryl methyl sites for hydroxylation is 1. The van der Waals surface area contributed by atoms with Crippen molar-refractivity contribution in [2.45, 2.75) is 44.8 Å². The molecule has 2 unspecified atom stereocenters. The number of piperazine rings is 1. The Hall–Kier alpha value is -2.77. The van der Waals surface area contributed by atoms with Gasteiger partial charge in [0.25, 0.3) is 0 Å². The van der Waals surface area contributed by atoms with Gasteiger partial charge in [-0.25, -0.2) is 14.3 Å². The number of para-hydroxylation sites is 2. The van der Waals surface area contributed by atoms with Crippen molar-refractivity contribution in [1.29, 1.82) is 0 Å². The number of amides is 1. The minimum atomic E-state index is 0.0215. The average molecular weight is 419 g/mol. The Morgan fingerprint density at radius 3 is 3.00 bits per heavy atom. The molecule has 2 atom stereocenters.